The molecule has 1 fully saturated rings. The van der Waals surface area contributed by atoms with E-state index in [-0.39, 0.29) is 24.5 Å². The highest BCUT2D eigenvalue weighted by molar-refractivity contribution is 6.01. The van der Waals surface area contributed by atoms with Gasteiger partial charge < -0.3 is 20.6 Å². The number of amides is 3. The molecule has 0 unspecified atom stereocenters. The van der Waals surface area contributed by atoms with Gasteiger partial charge in [-0.25, -0.2) is 4.79 Å². The van der Waals surface area contributed by atoms with Gasteiger partial charge in [0.15, 0.2) is 0 Å². The molecule has 0 radical (unpaired) electrons. The number of hydrogen-bond donors (Lipinski definition) is 3. The molecule has 21 heavy (non-hydrogen) atoms. The first-order valence-corrected chi connectivity index (χ1v) is 7.17. The summed E-state index contributed by atoms with van der Waals surface area (Å²) in [5.41, 5.74) is 2.13. The molecule has 6 nitrogen and oxygen atoms in total. The van der Waals surface area contributed by atoms with Gasteiger partial charge in [0.2, 0.25) is 0 Å². The Bertz CT molecular complexity index is 588. The molecule has 1 saturated heterocycles. The first-order valence-electron chi connectivity index (χ1n) is 7.17. The smallest absolute Gasteiger partial charge is 0.321 e. The minimum atomic E-state index is -0.175. The molecule has 0 spiro atoms. The van der Waals surface area contributed by atoms with Gasteiger partial charge in [0.05, 0.1) is 0 Å². The third-order valence-corrected chi connectivity index (χ3v) is 4.38. The van der Waals surface area contributed by atoms with Crippen molar-refractivity contribution in [1.29, 1.82) is 0 Å². The van der Waals surface area contributed by atoms with Crippen LogP contribution in [0.4, 0.5) is 10.5 Å². The summed E-state index contributed by atoms with van der Waals surface area (Å²) in [5, 5.41) is 14.9. The number of fused-ring (bicyclic) bond motifs is 1. The molecule has 2 aliphatic heterocycles. The van der Waals surface area contributed by atoms with Crippen LogP contribution in [0.2, 0.25) is 0 Å². The molecule has 3 N–H and O–H groups in total. The number of anilines is 1. The van der Waals surface area contributed by atoms with Crippen LogP contribution in [0.1, 0.15) is 22.8 Å². The molecule has 2 atom stereocenters. The van der Waals surface area contributed by atoms with Gasteiger partial charge in [-0.15, -0.1) is 0 Å². The number of nitrogens with one attached hydrogen (secondary N) is 2. The van der Waals surface area contributed by atoms with Crippen LogP contribution in [0.5, 0.6) is 0 Å². The van der Waals surface area contributed by atoms with E-state index in [2.05, 4.69) is 10.6 Å². The maximum Gasteiger partial charge on any atom is 0.321 e. The lowest BCUT2D eigenvalue weighted by Gasteiger charge is -2.18. The van der Waals surface area contributed by atoms with Crippen LogP contribution in [0.25, 0.3) is 0 Å². The van der Waals surface area contributed by atoms with Crippen molar-refractivity contribution in [3.8, 4) is 0 Å². The van der Waals surface area contributed by atoms with E-state index in [0.29, 0.717) is 36.8 Å². The number of rotatable bonds is 2. The average Bonchev–Trinajstić information content (AvgIpc) is 3.03. The largest absolute Gasteiger partial charge is 0.396 e. The molecular weight excluding hydrogens is 270 g/mol. The second kappa shape index (κ2) is 5.37. The third-order valence-electron chi connectivity index (χ3n) is 4.38. The predicted octanol–water partition coefficient (Wildman–Crippen LogP) is 1.02. The highest BCUT2D eigenvalue weighted by Crippen LogP contribution is 2.26. The summed E-state index contributed by atoms with van der Waals surface area (Å²) in [5.74, 6) is 0.335. The number of nitrogens with zero attached hydrogens (tertiary/aromatic N) is 1. The van der Waals surface area contributed by atoms with Crippen molar-refractivity contribution >= 4 is 17.6 Å². The van der Waals surface area contributed by atoms with E-state index in [1.54, 1.807) is 23.1 Å². The van der Waals surface area contributed by atoms with Gasteiger partial charge in [-0.05, 0) is 18.1 Å². The van der Waals surface area contributed by atoms with E-state index in [4.69, 9.17) is 0 Å². The van der Waals surface area contributed by atoms with E-state index in [1.165, 1.54) is 0 Å². The molecule has 2 heterocycles. The summed E-state index contributed by atoms with van der Waals surface area (Å²) in [6, 6.07) is 5.15. The summed E-state index contributed by atoms with van der Waals surface area (Å²) in [6.45, 7) is 3.79. The monoisotopic (exact) mass is 289 g/mol. The third kappa shape index (κ3) is 2.47. The lowest BCUT2D eigenvalue weighted by atomic mass is 10.00. The Morgan fingerprint density at radius 1 is 1.48 bits per heavy atom. The molecule has 0 aliphatic carbocycles. The number of benzene rings is 1. The van der Waals surface area contributed by atoms with Crippen molar-refractivity contribution in [3.05, 3.63) is 29.3 Å². The van der Waals surface area contributed by atoms with E-state index >= 15 is 0 Å². The summed E-state index contributed by atoms with van der Waals surface area (Å²) in [4.78, 5) is 25.7. The average molecular weight is 289 g/mol. The molecule has 0 saturated carbocycles. The fraction of sp³-hybridized carbons (Fsp3) is 0.467. The van der Waals surface area contributed by atoms with E-state index in [1.807, 2.05) is 6.92 Å². The number of likely N-dealkylation sites (tertiary alicyclic amines) is 1. The lowest BCUT2D eigenvalue weighted by Crippen LogP contribution is -2.33. The predicted molar refractivity (Wildman–Crippen MR) is 77.9 cm³/mol. The van der Waals surface area contributed by atoms with Crippen LogP contribution >= 0.6 is 0 Å². The number of hydrogen-bond acceptors (Lipinski definition) is 3. The SMILES string of the molecule is C[C@@H]1CN(C(=O)Nc2cccc3c2CNC3=O)C[C@H]1CO. The quantitative estimate of drug-likeness (QED) is 0.760. The maximum absolute atomic E-state index is 12.3. The Morgan fingerprint density at radius 3 is 3.00 bits per heavy atom. The Morgan fingerprint density at radius 2 is 2.29 bits per heavy atom. The fourth-order valence-corrected chi connectivity index (χ4v) is 3.00. The highest BCUT2D eigenvalue weighted by atomic mass is 16.3. The normalized spacial score (nSPS) is 23.9. The molecular formula is C15H19N3O3. The van der Waals surface area contributed by atoms with Crippen LogP contribution in [0.3, 0.4) is 0 Å². The highest BCUT2D eigenvalue weighted by Gasteiger charge is 2.32. The number of carbonyl (C=O) groups is 2. The minimum absolute atomic E-state index is 0.101. The van der Waals surface area contributed by atoms with Crippen LogP contribution < -0.4 is 10.6 Å². The zero-order chi connectivity index (χ0) is 15.0. The van der Waals surface area contributed by atoms with Crippen molar-refractivity contribution < 1.29 is 14.7 Å². The van der Waals surface area contributed by atoms with Crippen molar-refractivity contribution in [2.45, 2.75) is 13.5 Å². The summed E-state index contributed by atoms with van der Waals surface area (Å²) in [6.07, 6.45) is 0. The molecule has 3 amide bonds. The molecule has 2 aliphatic rings. The van der Waals surface area contributed by atoms with Gasteiger partial charge in [-0.3, -0.25) is 4.79 Å². The lowest BCUT2D eigenvalue weighted by molar-refractivity contribution is 0.0965. The number of aliphatic hydroxyl groups is 1. The van der Waals surface area contributed by atoms with E-state index in [0.717, 1.165) is 5.56 Å². The minimum Gasteiger partial charge on any atom is -0.396 e. The van der Waals surface area contributed by atoms with Crippen molar-refractivity contribution in [3.63, 3.8) is 0 Å². The van der Waals surface area contributed by atoms with Crippen LogP contribution in [0.15, 0.2) is 18.2 Å². The topological polar surface area (TPSA) is 81.7 Å². The fourth-order valence-electron chi connectivity index (χ4n) is 3.00. The zero-order valence-corrected chi connectivity index (χ0v) is 11.9. The van der Waals surface area contributed by atoms with E-state index < -0.39 is 0 Å². The van der Waals surface area contributed by atoms with Gasteiger partial charge in [0, 0.05) is 49.0 Å². The van der Waals surface area contributed by atoms with Crippen LogP contribution in [0, 0.1) is 11.8 Å². The zero-order valence-electron chi connectivity index (χ0n) is 11.9. The summed E-state index contributed by atoms with van der Waals surface area (Å²) < 4.78 is 0. The Hall–Kier alpha value is -2.08. The van der Waals surface area contributed by atoms with Gasteiger partial charge in [0.25, 0.3) is 5.91 Å². The Kier molecular flexibility index (Phi) is 3.55. The second-order valence-electron chi connectivity index (χ2n) is 5.77. The van der Waals surface area contributed by atoms with Crippen molar-refractivity contribution in [1.82, 2.24) is 10.2 Å². The molecule has 6 heteroatoms. The first-order chi connectivity index (χ1) is 10.1. The van der Waals surface area contributed by atoms with Gasteiger partial charge >= 0.3 is 6.03 Å². The Labute approximate surface area is 123 Å². The van der Waals surface area contributed by atoms with E-state index in [9.17, 15) is 14.7 Å². The van der Waals surface area contributed by atoms with Crippen molar-refractivity contribution in [2.24, 2.45) is 11.8 Å². The molecule has 1 aromatic carbocycles. The molecule has 3 rings (SSSR count). The standard InChI is InChI=1S/C15H19N3O3/c1-9-6-18(7-10(9)8-19)15(21)17-13-4-2-3-11-12(13)5-16-14(11)20/h2-4,9-10,19H,5-8H2,1H3,(H,16,20)(H,17,21)/t9-,10+/m1/s1. The van der Waals surface area contributed by atoms with Gasteiger partial charge in [-0.2, -0.15) is 0 Å². The van der Waals surface area contributed by atoms with Crippen molar-refractivity contribution in [2.75, 3.05) is 25.0 Å². The van der Waals surface area contributed by atoms with Crippen LogP contribution in [-0.4, -0.2) is 41.6 Å². The summed E-state index contributed by atoms with van der Waals surface area (Å²) >= 11 is 0. The molecule has 0 aromatic heterocycles. The summed E-state index contributed by atoms with van der Waals surface area (Å²) in [7, 11) is 0. The molecule has 0 bridgehead atoms. The molecule has 112 valence electrons. The maximum atomic E-state index is 12.3. The van der Waals surface area contributed by atoms with Crippen LogP contribution in [-0.2, 0) is 6.54 Å². The van der Waals surface area contributed by atoms with Gasteiger partial charge in [0.1, 0.15) is 0 Å². The first kappa shape index (κ1) is 13.9. The number of carbonyl (C=O) groups excluding carboxylic acids is 2. The molecule has 1 aromatic rings. The number of aliphatic hydroxyl groups excluding tert-OH is 1. The number of urea groups is 1. The second-order valence-corrected chi connectivity index (χ2v) is 5.77. The van der Waals surface area contributed by atoms with Gasteiger partial charge in [-0.1, -0.05) is 13.0 Å². The Balaban J connectivity index is 1.73.